The van der Waals surface area contributed by atoms with E-state index in [1.165, 1.54) is 0 Å². The first-order valence-electron chi connectivity index (χ1n) is 10.2. The molecule has 4 aromatic rings. The van der Waals surface area contributed by atoms with Gasteiger partial charge in [0.05, 0.1) is 16.8 Å². The normalized spacial score (nSPS) is 11.8. The van der Waals surface area contributed by atoms with E-state index in [9.17, 15) is 4.79 Å². The van der Waals surface area contributed by atoms with Crippen molar-refractivity contribution in [2.75, 3.05) is 18.9 Å². The topological polar surface area (TPSA) is 92.7 Å². The summed E-state index contributed by atoms with van der Waals surface area (Å²) >= 11 is 0. The molecule has 0 fully saturated rings. The summed E-state index contributed by atoms with van der Waals surface area (Å²) < 4.78 is 0. The molecule has 1 unspecified atom stereocenters. The van der Waals surface area contributed by atoms with Crippen LogP contribution >= 0.6 is 0 Å². The first kappa shape index (κ1) is 20.4. The van der Waals surface area contributed by atoms with Gasteiger partial charge in [0.2, 0.25) is 0 Å². The highest BCUT2D eigenvalue weighted by molar-refractivity contribution is 6.06. The molecule has 0 spiro atoms. The Morgan fingerprint density at radius 1 is 1.03 bits per heavy atom. The molecule has 7 nitrogen and oxygen atoms in total. The van der Waals surface area contributed by atoms with Crippen LogP contribution < -0.4 is 10.6 Å². The summed E-state index contributed by atoms with van der Waals surface area (Å²) in [6.07, 6.45) is 5.03. The fourth-order valence-electron chi connectivity index (χ4n) is 3.61. The monoisotopic (exact) mass is 412 g/mol. The Hall–Kier alpha value is -3.87. The number of amides is 1. The van der Waals surface area contributed by atoms with E-state index in [1.807, 2.05) is 37.3 Å². The third kappa shape index (κ3) is 4.35. The summed E-state index contributed by atoms with van der Waals surface area (Å²) in [5, 5.41) is 6.95. The molecule has 0 aliphatic heterocycles. The highest BCUT2D eigenvalue weighted by Gasteiger charge is 2.15. The molecule has 156 valence electrons. The first-order valence-corrected chi connectivity index (χ1v) is 10.2. The second kappa shape index (κ2) is 8.87. The molecule has 1 aromatic carbocycles. The number of fused-ring (bicyclic) bond motifs is 1. The minimum absolute atomic E-state index is 0.116. The number of carbonyl (C=O) groups is 1. The summed E-state index contributed by atoms with van der Waals surface area (Å²) in [6.45, 7) is 4.75. The maximum Gasteiger partial charge on any atom is 0.251 e. The van der Waals surface area contributed by atoms with Crippen molar-refractivity contribution in [1.82, 2.24) is 25.3 Å². The molecule has 0 saturated carbocycles. The second-order valence-corrected chi connectivity index (χ2v) is 7.44. The zero-order valence-corrected chi connectivity index (χ0v) is 17.8. The average molecular weight is 412 g/mol. The molecular formula is C24H24N6O. The maximum atomic E-state index is 12.2. The number of hydrogen-bond donors (Lipinski definition) is 2. The number of anilines is 1. The average Bonchev–Trinajstić information content (AvgIpc) is 2.81. The van der Waals surface area contributed by atoms with Gasteiger partial charge in [-0.2, -0.15) is 0 Å². The fourth-order valence-corrected chi connectivity index (χ4v) is 3.61. The number of benzene rings is 1. The van der Waals surface area contributed by atoms with E-state index in [4.69, 9.17) is 0 Å². The van der Waals surface area contributed by atoms with E-state index in [1.54, 1.807) is 31.8 Å². The van der Waals surface area contributed by atoms with Crippen molar-refractivity contribution in [3.63, 3.8) is 0 Å². The Morgan fingerprint density at radius 2 is 1.87 bits per heavy atom. The van der Waals surface area contributed by atoms with Crippen molar-refractivity contribution < 1.29 is 4.79 Å². The standard InChI is InChI=1S/C24H24N6O/c1-15(18-5-4-6-19-20(24(31)25-3)8-10-27-23(18)19)13-28-22-12-21(29-14-30-22)17-7-9-26-16(2)11-17/h4-12,14-15H,13H2,1-3H3,(H,25,31)(H,28,29,30). The number of aryl methyl sites for hydroxylation is 1. The molecule has 31 heavy (non-hydrogen) atoms. The number of carbonyl (C=O) groups excluding carboxylic acids is 1. The lowest BCUT2D eigenvalue weighted by molar-refractivity contribution is 0.0964. The minimum atomic E-state index is -0.116. The molecule has 2 N–H and O–H groups in total. The fraction of sp³-hybridized carbons (Fsp3) is 0.208. The van der Waals surface area contributed by atoms with Gasteiger partial charge >= 0.3 is 0 Å². The largest absolute Gasteiger partial charge is 0.369 e. The van der Waals surface area contributed by atoms with Crippen LogP contribution in [0.3, 0.4) is 0 Å². The number of nitrogens with one attached hydrogen (secondary N) is 2. The molecule has 0 aliphatic carbocycles. The van der Waals surface area contributed by atoms with Crippen LogP contribution in [0.25, 0.3) is 22.2 Å². The molecule has 0 radical (unpaired) electrons. The zero-order valence-electron chi connectivity index (χ0n) is 17.8. The van der Waals surface area contributed by atoms with Gasteiger partial charge in [-0.05, 0) is 30.7 Å². The van der Waals surface area contributed by atoms with E-state index in [0.29, 0.717) is 12.1 Å². The van der Waals surface area contributed by atoms with Gasteiger partial charge in [-0.25, -0.2) is 9.97 Å². The van der Waals surface area contributed by atoms with Crippen LogP contribution in [0.2, 0.25) is 0 Å². The van der Waals surface area contributed by atoms with E-state index in [-0.39, 0.29) is 11.8 Å². The molecule has 0 saturated heterocycles. The van der Waals surface area contributed by atoms with Gasteiger partial charge in [0.1, 0.15) is 12.1 Å². The van der Waals surface area contributed by atoms with E-state index >= 15 is 0 Å². The van der Waals surface area contributed by atoms with Crippen LogP contribution in [0.1, 0.15) is 34.5 Å². The SMILES string of the molecule is CNC(=O)c1ccnc2c(C(C)CNc3cc(-c4ccnc(C)c4)ncn3)cccc12. The number of para-hydroxylation sites is 1. The number of rotatable bonds is 6. The first-order chi connectivity index (χ1) is 15.1. The minimum Gasteiger partial charge on any atom is -0.369 e. The van der Waals surface area contributed by atoms with Gasteiger partial charge in [-0.1, -0.05) is 25.1 Å². The van der Waals surface area contributed by atoms with Crippen LogP contribution in [0.15, 0.2) is 61.2 Å². The zero-order chi connectivity index (χ0) is 21.8. The van der Waals surface area contributed by atoms with Gasteiger partial charge in [0, 0.05) is 54.6 Å². The molecular weight excluding hydrogens is 388 g/mol. The third-order valence-corrected chi connectivity index (χ3v) is 5.25. The van der Waals surface area contributed by atoms with Gasteiger partial charge in [0.25, 0.3) is 5.91 Å². The Balaban J connectivity index is 1.56. The third-order valence-electron chi connectivity index (χ3n) is 5.25. The highest BCUT2D eigenvalue weighted by Crippen LogP contribution is 2.27. The summed E-state index contributed by atoms with van der Waals surface area (Å²) in [4.78, 5) is 29.8. The van der Waals surface area contributed by atoms with Crippen molar-refractivity contribution in [1.29, 1.82) is 0 Å². The summed E-state index contributed by atoms with van der Waals surface area (Å²) in [5.74, 6) is 0.790. The van der Waals surface area contributed by atoms with Crippen molar-refractivity contribution in [3.05, 3.63) is 78.0 Å². The molecule has 3 aromatic heterocycles. The lowest BCUT2D eigenvalue weighted by atomic mass is 9.96. The molecule has 0 aliphatic rings. The van der Waals surface area contributed by atoms with Crippen LogP contribution in [0.4, 0.5) is 5.82 Å². The Morgan fingerprint density at radius 3 is 2.68 bits per heavy atom. The molecule has 4 rings (SSSR count). The molecule has 1 atom stereocenters. The van der Waals surface area contributed by atoms with Crippen molar-refractivity contribution in [2.24, 2.45) is 0 Å². The maximum absolute atomic E-state index is 12.2. The Labute approximate surface area is 181 Å². The number of nitrogens with zero attached hydrogens (tertiary/aromatic N) is 4. The van der Waals surface area contributed by atoms with Gasteiger partial charge < -0.3 is 10.6 Å². The van der Waals surface area contributed by atoms with Crippen molar-refractivity contribution in [2.45, 2.75) is 19.8 Å². The van der Waals surface area contributed by atoms with E-state index in [2.05, 4.69) is 43.6 Å². The van der Waals surface area contributed by atoms with Crippen LogP contribution in [-0.2, 0) is 0 Å². The van der Waals surface area contributed by atoms with Crippen LogP contribution in [0.5, 0.6) is 0 Å². The summed E-state index contributed by atoms with van der Waals surface area (Å²) in [6, 6.07) is 13.6. The van der Waals surface area contributed by atoms with Gasteiger partial charge in [-0.15, -0.1) is 0 Å². The predicted octanol–water partition coefficient (Wildman–Crippen LogP) is 3.97. The molecule has 3 heterocycles. The van der Waals surface area contributed by atoms with Crippen molar-refractivity contribution in [3.8, 4) is 11.3 Å². The summed E-state index contributed by atoms with van der Waals surface area (Å²) in [5.41, 5.74) is 5.34. The number of aromatic nitrogens is 4. The Bertz CT molecular complexity index is 1240. The van der Waals surface area contributed by atoms with Gasteiger partial charge in [0.15, 0.2) is 0 Å². The lowest BCUT2D eigenvalue weighted by Gasteiger charge is -2.16. The Kier molecular flexibility index (Phi) is 5.84. The highest BCUT2D eigenvalue weighted by atomic mass is 16.1. The number of pyridine rings is 2. The predicted molar refractivity (Wildman–Crippen MR) is 122 cm³/mol. The molecule has 0 bridgehead atoms. The second-order valence-electron chi connectivity index (χ2n) is 7.44. The molecule has 7 heteroatoms. The smallest absolute Gasteiger partial charge is 0.251 e. The number of hydrogen-bond acceptors (Lipinski definition) is 6. The van der Waals surface area contributed by atoms with Crippen LogP contribution in [-0.4, -0.2) is 39.4 Å². The van der Waals surface area contributed by atoms with Gasteiger partial charge in [-0.3, -0.25) is 14.8 Å². The van der Waals surface area contributed by atoms with E-state index < -0.39 is 0 Å². The quantitative estimate of drug-likeness (QED) is 0.498. The van der Waals surface area contributed by atoms with E-state index in [0.717, 1.165) is 39.2 Å². The van der Waals surface area contributed by atoms with Crippen LogP contribution in [0, 0.1) is 6.92 Å². The van der Waals surface area contributed by atoms with Crippen molar-refractivity contribution >= 4 is 22.6 Å². The summed E-state index contributed by atoms with van der Waals surface area (Å²) in [7, 11) is 1.63. The molecule has 1 amide bonds. The lowest BCUT2D eigenvalue weighted by Crippen LogP contribution is -2.18.